The number of amides is 1. The molecule has 0 radical (unpaired) electrons. The Balaban J connectivity index is 1.60. The van der Waals surface area contributed by atoms with E-state index in [9.17, 15) is 4.79 Å². The number of carbonyl (C=O) groups is 1. The Morgan fingerprint density at radius 2 is 1.83 bits per heavy atom. The second-order valence-electron chi connectivity index (χ2n) is 6.58. The normalized spacial score (nSPS) is 15.0. The molecule has 1 amide bonds. The van der Waals surface area contributed by atoms with Crippen LogP contribution in [0.25, 0.3) is 11.0 Å². The molecule has 4 rings (SSSR count). The van der Waals surface area contributed by atoms with Crippen molar-refractivity contribution < 1.29 is 4.79 Å². The average molecular weight is 320 g/mol. The Morgan fingerprint density at radius 3 is 2.54 bits per heavy atom. The van der Waals surface area contributed by atoms with Crippen LogP contribution in [0.15, 0.2) is 48.8 Å². The maximum absolute atomic E-state index is 12.5. The fraction of sp³-hybridized carbons (Fsp3) is 0.316. The van der Waals surface area contributed by atoms with Crippen LogP contribution in [-0.2, 0) is 0 Å². The van der Waals surface area contributed by atoms with Crippen LogP contribution in [-0.4, -0.2) is 38.4 Å². The molecule has 3 heterocycles. The van der Waals surface area contributed by atoms with Crippen molar-refractivity contribution in [2.45, 2.75) is 25.8 Å². The van der Waals surface area contributed by atoms with Crippen molar-refractivity contribution in [2.24, 2.45) is 0 Å². The lowest BCUT2D eigenvalue weighted by Gasteiger charge is -2.41. The van der Waals surface area contributed by atoms with E-state index in [1.165, 1.54) is 0 Å². The van der Waals surface area contributed by atoms with Crippen molar-refractivity contribution in [1.29, 1.82) is 0 Å². The third-order valence-corrected chi connectivity index (χ3v) is 4.58. The van der Waals surface area contributed by atoms with Crippen LogP contribution in [0, 0.1) is 0 Å². The standard InChI is InChI=1S/C19H20N4O/c1-13(2)18-21-16-5-3-4-6-17(16)23(18)15-11-22(12-15)19(24)14-7-9-20-10-8-14/h3-10,13,15H,11-12H2,1-2H3. The van der Waals surface area contributed by atoms with Crippen LogP contribution in [0.2, 0.25) is 0 Å². The summed E-state index contributed by atoms with van der Waals surface area (Å²) in [4.78, 5) is 23.1. The topological polar surface area (TPSA) is 51.0 Å². The van der Waals surface area contributed by atoms with E-state index >= 15 is 0 Å². The Bertz CT molecular complexity index is 879. The van der Waals surface area contributed by atoms with E-state index in [1.807, 2.05) is 17.0 Å². The van der Waals surface area contributed by atoms with E-state index in [0.717, 1.165) is 29.9 Å². The van der Waals surface area contributed by atoms with Crippen LogP contribution in [0.3, 0.4) is 0 Å². The number of carbonyl (C=O) groups excluding carboxylic acids is 1. The molecule has 0 atom stereocenters. The number of hydrogen-bond acceptors (Lipinski definition) is 3. The highest BCUT2D eigenvalue weighted by atomic mass is 16.2. The number of benzene rings is 1. The van der Waals surface area contributed by atoms with Gasteiger partial charge in [0.15, 0.2) is 0 Å². The first-order chi connectivity index (χ1) is 11.6. The Kier molecular flexibility index (Phi) is 3.56. The van der Waals surface area contributed by atoms with Crippen molar-refractivity contribution in [3.05, 3.63) is 60.2 Å². The summed E-state index contributed by atoms with van der Waals surface area (Å²) in [6, 6.07) is 12.1. The minimum absolute atomic E-state index is 0.0733. The monoisotopic (exact) mass is 320 g/mol. The number of para-hydroxylation sites is 2. The van der Waals surface area contributed by atoms with Crippen LogP contribution in [0.1, 0.15) is 42.0 Å². The molecule has 1 aliphatic rings. The zero-order valence-corrected chi connectivity index (χ0v) is 13.9. The highest BCUT2D eigenvalue weighted by Crippen LogP contribution is 2.31. The van der Waals surface area contributed by atoms with Crippen LogP contribution in [0.5, 0.6) is 0 Å². The van der Waals surface area contributed by atoms with Crippen LogP contribution >= 0.6 is 0 Å². The van der Waals surface area contributed by atoms with Gasteiger partial charge in [-0.25, -0.2) is 4.98 Å². The summed E-state index contributed by atoms with van der Waals surface area (Å²) < 4.78 is 2.32. The Hall–Kier alpha value is -2.69. The predicted molar refractivity (Wildman–Crippen MR) is 93.0 cm³/mol. The molecule has 0 saturated carbocycles. The van der Waals surface area contributed by atoms with E-state index in [1.54, 1.807) is 24.5 Å². The quantitative estimate of drug-likeness (QED) is 0.744. The van der Waals surface area contributed by atoms with Gasteiger partial charge in [-0.1, -0.05) is 26.0 Å². The second-order valence-corrected chi connectivity index (χ2v) is 6.58. The predicted octanol–water partition coefficient (Wildman–Crippen LogP) is 3.25. The molecular weight excluding hydrogens is 300 g/mol. The molecule has 0 N–H and O–H groups in total. The first kappa shape index (κ1) is 14.9. The highest BCUT2D eigenvalue weighted by Gasteiger charge is 2.34. The largest absolute Gasteiger partial charge is 0.334 e. The number of pyridine rings is 1. The van der Waals surface area contributed by atoms with E-state index in [0.29, 0.717) is 17.5 Å². The minimum Gasteiger partial charge on any atom is -0.334 e. The van der Waals surface area contributed by atoms with Crippen molar-refractivity contribution in [2.75, 3.05) is 13.1 Å². The molecule has 2 aromatic heterocycles. The van der Waals surface area contributed by atoms with E-state index in [4.69, 9.17) is 4.98 Å². The summed E-state index contributed by atoms with van der Waals surface area (Å²) in [5, 5.41) is 0. The number of imidazole rings is 1. The maximum atomic E-state index is 12.5. The van der Waals surface area contributed by atoms with Gasteiger partial charge in [0.1, 0.15) is 5.82 Å². The van der Waals surface area contributed by atoms with E-state index in [-0.39, 0.29) is 5.91 Å². The number of rotatable bonds is 3. The lowest BCUT2D eigenvalue weighted by molar-refractivity contribution is 0.0521. The van der Waals surface area contributed by atoms with Crippen LogP contribution in [0.4, 0.5) is 0 Å². The smallest absolute Gasteiger partial charge is 0.254 e. The summed E-state index contributed by atoms with van der Waals surface area (Å²) in [5.74, 6) is 1.52. The summed E-state index contributed by atoms with van der Waals surface area (Å²) in [5.41, 5.74) is 2.88. The summed E-state index contributed by atoms with van der Waals surface area (Å²) in [7, 11) is 0. The summed E-state index contributed by atoms with van der Waals surface area (Å²) in [6.45, 7) is 5.77. The molecule has 5 heteroatoms. The SMILES string of the molecule is CC(C)c1nc2ccccc2n1C1CN(C(=O)c2ccncc2)C1. The van der Waals surface area contributed by atoms with Gasteiger partial charge in [-0.2, -0.15) is 0 Å². The van der Waals surface area contributed by atoms with Gasteiger partial charge in [0, 0.05) is 37.0 Å². The number of fused-ring (bicyclic) bond motifs is 1. The average Bonchev–Trinajstić information content (AvgIpc) is 2.94. The van der Waals surface area contributed by atoms with Crippen molar-refractivity contribution >= 4 is 16.9 Å². The van der Waals surface area contributed by atoms with Gasteiger partial charge in [0.05, 0.1) is 17.1 Å². The Morgan fingerprint density at radius 1 is 1.12 bits per heavy atom. The molecule has 1 aromatic carbocycles. The molecule has 24 heavy (non-hydrogen) atoms. The van der Waals surface area contributed by atoms with Crippen molar-refractivity contribution in [3.8, 4) is 0 Å². The van der Waals surface area contributed by atoms with Gasteiger partial charge >= 0.3 is 0 Å². The maximum Gasteiger partial charge on any atom is 0.254 e. The van der Waals surface area contributed by atoms with Gasteiger partial charge in [0.25, 0.3) is 5.91 Å². The molecule has 0 unspecified atom stereocenters. The fourth-order valence-electron chi connectivity index (χ4n) is 3.32. The molecule has 1 fully saturated rings. The molecule has 0 aliphatic carbocycles. The molecular formula is C19H20N4O. The minimum atomic E-state index is 0.0733. The zero-order chi connectivity index (χ0) is 16.7. The molecule has 5 nitrogen and oxygen atoms in total. The third kappa shape index (κ3) is 2.37. The Labute approximate surface area is 140 Å². The van der Waals surface area contributed by atoms with Crippen molar-refractivity contribution in [3.63, 3.8) is 0 Å². The number of nitrogens with zero attached hydrogens (tertiary/aromatic N) is 4. The lowest BCUT2D eigenvalue weighted by atomic mass is 10.1. The first-order valence-corrected chi connectivity index (χ1v) is 8.31. The highest BCUT2D eigenvalue weighted by molar-refractivity contribution is 5.94. The number of aromatic nitrogens is 3. The molecule has 122 valence electrons. The molecule has 1 saturated heterocycles. The van der Waals surface area contributed by atoms with E-state index in [2.05, 4.69) is 35.5 Å². The lowest BCUT2D eigenvalue weighted by Crippen LogP contribution is -2.51. The van der Waals surface area contributed by atoms with Gasteiger partial charge in [0.2, 0.25) is 0 Å². The second kappa shape index (κ2) is 5.74. The summed E-state index contributed by atoms with van der Waals surface area (Å²) >= 11 is 0. The first-order valence-electron chi connectivity index (χ1n) is 8.31. The van der Waals surface area contributed by atoms with Crippen LogP contribution < -0.4 is 0 Å². The van der Waals surface area contributed by atoms with Gasteiger partial charge in [-0.15, -0.1) is 0 Å². The molecule has 1 aliphatic heterocycles. The van der Waals surface area contributed by atoms with E-state index < -0.39 is 0 Å². The fourth-order valence-corrected chi connectivity index (χ4v) is 3.32. The number of likely N-dealkylation sites (tertiary alicyclic amines) is 1. The molecule has 0 bridgehead atoms. The summed E-state index contributed by atoms with van der Waals surface area (Å²) in [6.07, 6.45) is 3.31. The zero-order valence-electron chi connectivity index (χ0n) is 13.9. The number of hydrogen-bond donors (Lipinski definition) is 0. The third-order valence-electron chi connectivity index (χ3n) is 4.58. The van der Waals surface area contributed by atoms with Gasteiger partial charge in [-0.05, 0) is 24.3 Å². The molecule has 3 aromatic rings. The van der Waals surface area contributed by atoms with Gasteiger partial charge < -0.3 is 9.47 Å². The molecule has 0 spiro atoms. The van der Waals surface area contributed by atoms with Crippen molar-refractivity contribution in [1.82, 2.24) is 19.4 Å². The van der Waals surface area contributed by atoms with Gasteiger partial charge in [-0.3, -0.25) is 9.78 Å².